The SMILES string of the molecule is Cc1ccc(C(=O)N2CC[C@H]3C[C@H](C(=O)N(C)Cc4ccccn4)O[C@@H]3C2)cn1. The smallest absolute Gasteiger partial charge is 0.255 e. The number of carbonyl (C=O) groups excluding carboxylic acids is 2. The summed E-state index contributed by atoms with van der Waals surface area (Å²) in [5, 5.41) is 0. The van der Waals surface area contributed by atoms with E-state index < -0.39 is 6.10 Å². The van der Waals surface area contributed by atoms with Crippen LogP contribution in [0.1, 0.15) is 34.6 Å². The molecular weight excluding hydrogens is 368 g/mol. The summed E-state index contributed by atoms with van der Waals surface area (Å²) in [6, 6.07) is 9.33. The van der Waals surface area contributed by atoms with Gasteiger partial charge in [-0.2, -0.15) is 0 Å². The van der Waals surface area contributed by atoms with Crippen LogP contribution in [0, 0.1) is 12.8 Å². The van der Waals surface area contributed by atoms with Crippen LogP contribution in [-0.2, 0) is 16.1 Å². The maximum Gasteiger partial charge on any atom is 0.255 e. The van der Waals surface area contributed by atoms with Crippen molar-refractivity contribution in [2.75, 3.05) is 20.1 Å². The normalized spacial score (nSPS) is 23.5. The van der Waals surface area contributed by atoms with Gasteiger partial charge in [-0.15, -0.1) is 0 Å². The molecule has 2 aliphatic heterocycles. The number of hydrogen-bond donors (Lipinski definition) is 0. The molecule has 4 rings (SSSR count). The molecule has 3 atom stereocenters. The zero-order valence-electron chi connectivity index (χ0n) is 16.8. The molecular formula is C22H26N4O3. The lowest BCUT2D eigenvalue weighted by molar-refractivity contribution is -0.142. The van der Waals surface area contributed by atoms with Crippen LogP contribution in [0.3, 0.4) is 0 Å². The first-order valence-corrected chi connectivity index (χ1v) is 10.0. The molecule has 0 N–H and O–H groups in total. The molecule has 0 radical (unpaired) electrons. The van der Waals surface area contributed by atoms with Crippen molar-refractivity contribution in [1.82, 2.24) is 19.8 Å². The summed E-state index contributed by atoms with van der Waals surface area (Å²) < 4.78 is 6.10. The van der Waals surface area contributed by atoms with Gasteiger partial charge in [0.05, 0.1) is 23.9 Å². The number of aromatic nitrogens is 2. The van der Waals surface area contributed by atoms with E-state index in [1.807, 2.05) is 42.2 Å². The standard InChI is InChI=1S/C22H26N4O3/c1-15-6-7-17(12-24-15)21(27)26-10-8-16-11-19(29-20(16)14-26)22(28)25(2)13-18-5-3-4-9-23-18/h3-7,9,12,16,19-20H,8,10-11,13-14H2,1-2H3/t16-,19+,20+/m0/s1. The number of hydrogen-bond acceptors (Lipinski definition) is 5. The molecule has 2 aromatic heterocycles. The van der Waals surface area contributed by atoms with E-state index in [2.05, 4.69) is 9.97 Å². The molecule has 2 aliphatic rings. The van der Waals surface area contributed by atoms with Crippen LogP contribution in [0.5, 0.6) is 0 Å². The number of aryl methyl sites for hydroxylation is 1. The van der Waals surface area contributed by atoms with E-state index in [1.54, 1.807) is 24.3 Å². The van der Waals surface area contributed by atoms with Crippen molar-refractivity contribution in [3.63, 3.8) is 0 Å². The lowest BCUT2D eigenvalue weighted by Crippen LogP contribution is -2.45. The molecule has 7 nitrogen and oxygen atoms in total. The van der Waals surface area contributed by atoms with Gasteiger partial charge < -0.3 is 14.5 Å². The number of rotatable bonds is 4. The Labute approximate surface area is 170 Å². The minimum atomic E-state index is -0.449. The van der Waals surface area contributed by atoms with Crippen molar-refractivity contribution in [2.45, 2.75) is 38.5 Å². The Hall–Kier alpha value is -2.80. The molecule has 0 spiro atoms. The van der Waals surface area contributed by atoms with Crippen LogP contribution >= 0.6 is 0 Å². The molecule has 4 heterocycles. The van der Waals surface area contributed by atoms with Gasteiger partial charge in [0.25, 0.3) is 11.8 Å². The molecule has 0 aromatic carbocycles. The summed E-state index contributed by atoms with van der Waals surface area (Å²) in [5.74, 6) is 0.264. The Morgan fingerprint density at radius 2 is 2.10 bits per heavy atom. The zero-order chi connectivity index (χ0) is 20.4. The van der Waals surface area contributed by atoms with Crippen LogP contribution in [0.25, 0.3) is 0 Å². The Morgan fingerprint density at radius 3 is 2.83 bits per heavy atom. The molecule has 2 aromatic rings. The van der Waals surface area contributed by atoms with Gasteiger partial charge in [0.2, 0.25) is 0 Å². The maximum absolute atomic E-state index is 12.8. The maximum atomic E-state index is 12.8. The number of piperidine rings is 1. The summed E-state index contributed by atoms with van der Waals surface area (Å²) >= 11 is 0. The highest BCUT2D eigenvalue weighted by molar-refractivity contribution is 5.94. The molecule has 0 unspecified atom stereocenters. The van der Waals surface area contributed by atoms with Gasteiger partial charge in [-0.3, -0.25) is 19.6 Å². The average molecular weight is 394 g/mol. The van der Waals surface area contributed by atoms with E-state index in [0.717, 1.165) is 17.8 Å². The Morgan fingerprint density at radius 1 is 1.24 bits per heavy atom. The predicted octanol–water partition coefficient (Wildman–Crippen LogP) is 2.06. The summed E-state index contributed by atoms with van der Waals surface area (Å²) in [4.78, 5) is 37.6. The molecule has 152 valence electrons. The topological polar surface area (TPSA) is 75.6 Å². The van der Waals surface area contributed by atoms with Gasteiger partial charge >= 0.3 is 0 Å². The van der Waals surface area contributed by atoms with Gasteiger partial charge in [0.15, 0.2) is 0 Å². The number of pyridine rings is 2. The minimum Gasteiger partial charge on any atom is -0.363 e. The van der Waals surface area contributed by atoms with Crippen LogP contribution in [0.2, 0.25) is 0 Å². The highest BCUT2D eigenvalue weighted by atomic mass is 16.5. The van der Waals surface area contributed by atoms with Crippen molar-refractivity contribution in [3.05, 3.63) is 59.7 Å². The molecule has 2 fully saturated rings. The molecule has 2 amide bonds. The third-order valence-corrected chi connectivity index (χ3v) is 5.77. The van der Waals surface area contributed by atoms with E-state index in [4.69, 9.17) is 4.74 Å². The number of nitrogens with zero attached hydrogens (tertiary/aromatic N) is 4. The Balaban J connectivity index is 1.35. The number of likely N-dealkylation sites (N-methyl/N-ethyl adjacent to an activating group) is 1. The summed E-state index contributed by atoms with van der Waals surface area (Å²) in [6.45, 7) is 3.56. The van der Waals surface area contributed by atoms with Gasteiger partial charge in [0.1, 0.15) is 6.10 Å². The summed E-state index contributed by atoms with van der Waals surface area (Å²) in [6.07, 6.45) is 4.37. The number of likely N-dealkylation sites (tertiary alicyclic amines) is 1. The highest BCUT2D eigenvalue weighted by Gasteiger charge is 2.43. The lowest BCUT2D eigenvalue weighted by atomic mass is 9.91. The monoisotopic (exact) mass is 394 g/mol. The number of carbonyl (C=O) groups is 2. The first kappa shape index (κ1) is 19.5. The number of fused-ring (bicyclic) bond motifs is 1. The second-order valence-electron chi connectivity index (χ2n) is 7.90. The molecule has 0 aliphatic carbocycles. The van der Waals surface area contributed by atoms with Crippen molar-refractivity contribution in [2.24, 2.45) is 5.92 Å². The quantitative estimate of drug-likeness (QED) is 0.794. The van der Waals surface area contributed by atoms with E-state index in [0.29, 0.717) is 37.5 Å². The molecule has 0 saturated carbocycles. The predicted molar refractivity (Wildman–Crippen MR) is 107 cm³/mol. The Kier molecular flexibility index (Phi) is 5.58. The van der Waals surface area contributed by atoms with E-state index in [-0.39, 0.29) is 17.9 Å². The van der Waals surface area contributed by atoms with E-state index >= 15 is 0 Å². The number of ether oxygens (including phenoxy) is 1. The second-order valence-corrected chi connectivity index (χ2v) is 7.90. The highest BCUT2D eigenvalue weighted by Crippen LogP contribution is 2.34. The lowest BCUT2D eigenvalue weighted by Gasteiger charge is -2.34. The van der Waals surface area contributed by atoms with E-state index in [1.165, 1.54) is 0 Å². The fraction of sp³-hybridized carbons (Fsp3) is 0.455. The fourth-order valence-electron chi connectivity index (χ4n) is 4.11. The van der Waals surface area contributed by atoms with Crippen molar-refractivity contribution in [3.8, 4) is 0 Å². The largest absolute Gasteiger partial charge is 0.363 e. The van der Waals surface area contributed by atoms with Crippen molar-refractivity contribution < 1.29 is 14.3 Å². The molecule has 2 saturated heterocycles. The fourth-order valence-corrected chi connectivity index (χ4v) is 4.11. The van der Waals surface area contributed by atoms with Crippen molar-refractivity contribution in [1.29, 1.82) is 0 Å². The Bertz CT molecular complexity index is 871. The summed E-state index contributed by atoms with van der Waals surface area (Å²) in [7, 11) is 1.78. The van der Waals surface area contributed by atoms with Gasteiger partial charge in [-0.1, -0.05) is 6.07 Å². The van der Waals surface area contributed by atoms with Gasteiger partial charge in [0, 0.05) is 38.2 Å². The first-order chi connectivity index (χ1) is 14.0. The third-order valence-electron chi connectivity index (χ3n) is 5.77. The minimum absolute atomic E-state index is 0.0225. The van der Waals surface area contributed by atoms with Crippen LogP contribution < -0.4 is 0 Å². The van der Waals surface area contributed by atoms with E-state index in [9.17, 15) is 9.59 Å². The summed E-state index contributed by atoms with van der Waals surface area (Å²) in [5.41, 5.74) is 2.33. The van der Waals surface area contributed by atoms with Crippen LogP contribution in [0.4, 0.5) is 0 Å². The van der Waals surface area contributed by atoms with Crippen molar-refractivity contribution >= 4 is 11.8 Å². The van der Waals surface area contributed by atoms with Gasteiger partial charge in [-0.05, 0) is 49.9 Å². The molecule has 29 heavy (non-hydrogen) atoms. The third kappa shape index (κ3) is 4.29. The molecule has 7 heteroatoms. The number of amides is 2. The second kappa shape index (κ2) is 8.29. The zero-order valence-corrected chi connectivity index (χ0v) is 16.8. The average Bonchev–Trinajstić information content (AvgIpc) is 3.17. The first-order valence-electron chi connectivity index (χ1n) is 10.0. The molecule has 0 bridgehead atoms. The van der Waals surface area contributed by atoms with Gasteiger partial charge in [-0.25, -0.2) is 0 Å². The van der Waals surface area contributed by atoms with Crippen LogP contribution in [-0.4, -0.2) is 63.9 Å². The van der Waals surface area contributed by atoms with Crippen LogP contribution in [0.15, 0.2) is 42.7 Å².